The molecular formula is C40H53FN4O16Si. The standard InChI is InChI=1S/C40H53FN4O16Si/c1-17-34(62(2,3)41)24(14-25(47)44-12-4-5-21(44)16-46)61-40(17)22-13-20(43-36(55)33-29(51)27(49)31(53)38(57)60-33)10-11-23(22)45(39(40)58)15-18-6-8-19(9-7-18)42-35(54)32-28(50)26(48)30(52)37(56)59-32/h6-11,13,17,21,24,26-34,37-38,46,48-53,56-57H,4-5,12,14-16H2,1-3H3,(H,42,54)(H,43,55)/t17-,21+,24+,26+,27+,28+,29+,30-,31-,32+,33+,34-,37-,38-,40+/m1/s1. The Kier molecular flexibility index (Phi) is 13.0. The van der Waals surface area contributed by atoms with Gasteiger partial charge in [0.15, 0.2) is 30.4 Å². The van der Waals surface area contributed by atoms with Gasteiger partial charge < -0.3 is 84.7 Å². The van der Waals surface area contributed by atoms with Crippen molar-refractivity contribution in [2.75, 3.05) is 28.7 Å². The quantitative estimate of drug-likeness (QED) is 0.0896. The van der Waals surface area contributed by atoms with Gasteiger partial charge in [0.2, 0.25) is 14.3 Å². The number of aliphatic hydroxyl groups excluding tert-OH is 9. The third kappa shape index (κ3) is 8.17. The fourth-order valence-electron chi connectivity index (χ4n) is 9.58. The Morgan fingerprint density at radius 2 is 1.37 bits per heavy atom. The maximum atomic E-state index is 16.6. The highest BCUT2D eigenvalue weighted by Gasteiger charge is 2.67. The number of rotatable bonds is 10. The van der Waals surface area contributed by atoms with Crippen LogP contribution in [-0.4, -0.2) is 170 Å². The fraction of sp³-hybridized carbons (Fsp3) is 0.600. The van der Waals surface area contributed by atoms with Crippen LogP contribution in [0.3, 0.4) is 0 Å². The SMILES string of the molecule is C[C@@H]1[C@@H]([Si](C)(C)F)[C@H](CC(=O)N2CCC[C@H]2CO)O[C@@]12C(=O)N(Cc1ccc(NC(=O)[C@H]3O[C@@H](O)[C@H](O)[C@@H](O)[C@@H]3O)cc1)c1ccc(NC(=O)[C@H]3O[C@@H](O)[C@H](O)[C@@H](O)[C@@H]3O)cc12. The molecule has 340 valence electrons. The van der Waals surface area contributed by atoms with E-state index < -0.39 is 117 Å². The lowest BCUT2D eigenvalue weighted by atomic mass is 9.82. The van der Waals surface area contributed by atoms with Crippen LogP contribution in [0.15, 0.2) is 42.5 Å². The largest absolute Gasteiger partial charge is 0.394 e. The Hall–Kier alpha value is -4.01. The molecule has 5 aliphatic heterocycles. The predicted molar refractivity (Wildman–Crippen MR) is 214 cm³/mol. The first-order valence-electron chi connectivity index (χ1n) is 20.4. The van der Waals surface area contributed by atoms with Gasteiger partial charge in [-0.05, 0) is 61.8 Å². The van der Waals surface area contributed by atoms with Gasteiger partial charge in [-0.2, -0.15) is 0 Å². The smallest absolute Gasteiger partial charge is 0.264 e. The third-order valence-electron chi connectivity index (χ3n) is 12.8. The molecular weight excluding hydrogens is 840 g/mol. The lowest BCUT2D eigenvalue weighted by Gasteiger charge is -2.37. The first-order valence-corrected chi connectivity index (χ1v) is 23.3. The highest BCUT2D eigenvalue weighted by atomic mass is 28.4. The molecule has 0 radical (unpaired) electrons. The first-order chi connectivity index (χ1) is 29.2. The van der Waals surface area contributed by atoms with Crippen molar-refractivity contribution < 1.29 is 83.5 Å². The molecule has 0 aromatic heterocycles. The number of hydrogen-bond acceptors (Lipinski definition) is 16. The van der Waals surface area contributed by atoms with Crippen molar-refractivity contribution in [3.8, 4) is 0 Å². The number of carbonyl (C=O) groups excluding carboxylic acids is 4. The molecule has 0 unspecified atom stereocenters. The van der Waals surface area contributed by atoms with Crippen LogP contribution in [0.25, 0.3) is 0 Å². The average molecular weight is 893 g/mol. The number of aliphatic hydroxyl groups is 9. The van der Waals surface area contributed by atoms with E-state index in [2.05, 4.69) is 10.6 Å². The maximum absolute atomic E-state index is 16.6. The van der Waals surface area contributed by atoms with Gasteiger partial charge >= 0.3 is 0 Å². The second-order valence-electron chi connectivity index (χ2n) is 17.2. The van der Waals surface area contributed by atoms with Crippen LogP contribution < -0.4 is 15.5 Å². The van der Waals surface area contributed by atoms with Gasteiger partial charge in [0, 0.05) is 34.9 Å². The molecule has 4 saturated heterocycles. The monoisotopic (exact) mass is 892 g/mol. The highest BCUT2D eigenvalue weighted by Crippen LogP contribution is 2.60. The summed E-state index contributed by atoms with van der Waals surface area (Å²) in [6.07, 6.45) is -18.8. The summed E-state index contributed by atoms with van der Waals surface area (Å²) in [5.41, 5.74) is -1.45. The molecule has 15 atom stereocenters. The number of benzene rings is 2. The zero-order chi connectivity index (χ0) is 45.2. The van der Waals surface area contributed by atoms with E-state index >= 15 is 8.90 Å². The Labute approximate surface area is 355 Å². The van der Waals surface area contributed by atoms with Gasteiger partial charge in [-0.1, -0.05) is 19.1 Å². The summed E-state index contributed by atoms with van der Waals surface area (Å²) < 4.78 is 33.4. The van der Waals surface area contributed by atoms with Crippen molar-refractivity contribution in [2.45, 2.75) is 131 Å². The van der Waals surface area contributed by atoms with Gasteiger partial charge in [-0.25, -0.2) is 0 Å². The van der Waals surface area contributed by atoms with E-state index in [1.165, 1.54) is 48.3 Å². The van der Waals surface area contributed by atoms with Crippen LogP contribution in [-0.2, 0) is 45.5 Å². The summed E-state index contributed by atoms with van der Waals surface area (Å²) in [5, 5.41) is 95.5. The van der Waals surface area contributed by atoms with E-state index in [0.29, 0.717) is 30.6 Å². The zero-order valence-corrected chi connectivity index (χ0v) is 35.0. The van der Waals surface area contributed by atoms with Crippen molar-refractivity contribution in [3.05, 3.63) is 53.6 Å². The summed E-state index contributed by atoms with van der Waals surface area (Å²) in [7, 11) is -3.76. The van der Waals surface area contributed by atoms with Crippen LogP contribution in [0, 0.1) is 5.92 Å². The van der Waals surface area contributed by atoms with Crippen molar-refractivity contribution in [3.63, 3.8) is 0 Å². The number of anilines is 3. The number of nitrogens with one attached hydrogen (secondary N) is 2. The second-order valence-corrected chi connectivity index (χ2v) is 21.0. The van der Waals surface area contributed by atoms with Gasteiger partial charge in [0.25, 0.3) is 17.7 Å². The van der Waals surface area contributed by atoms with Crippen molar-refractivity contribution in [2.24, 2.45) is 5.92 Å². The zero-order valence-electron chi connectivity index (χ0n) is 34.0. The number of carbonyl (C=O) groups is 4. The topological polar surface area (TPSA) is 309 Å². The second kappa shape index (κ2) is 17.5. The van der Waals surface area contributed by atoms with Crippen molar-refractivity contribution in [1.82, 2.24) is 4.90 Å². The molecule has 5 heterocycles. The van der Waals surface area contributed by atoms with Crippen LogP contribution in [0.4, 0.5) is 21.2 Å². The van der Waals surface area contributed by atoms with E-state index in [1.54, 1.807) is 24.0 Å². The Balaban J connectivity index is 1.19. The minimum atomic E-state index is -3.76. The highest BCUT2D eigenvalue weighted by molar-refractivity contribution is 6.72. The summed E-state index contributed by atoms with van der Waals surface area (Å²) in [6.45, 7) is 4.68. The number of hydrogen-bond donors (Lipinski definition) is 11. The van der Waals surface area contributed by atoms with Gasteiger partial charge in [0.1, 0.15) is 36.6 Å². The normalized spacial score (nSPS) is 37.1. The van der Waals surface area contributed by atoms with Crippen molar-refractivity contribution >= 4 is 49.1 Å². The first kappa shape index (κ1) is 46.0. The number of fused-ring (bicyclic) bond motifs is 2. The van der Waals surface area contributed by atoms with E-state index in [9.17, 15) is 60.3 Å². The Bertz CT molecular complexity index is 2030. The molecule has 22 heteroatoms. The van der Waals surface area contributed by atoms with Crippen LogP contribution in [0.2, 0.25) is 18.6 Å². The van der Waals surface area contributed by atoms with Gasteiger partial charge in [-0.15, -0.1) is 0 Å². The molecule has 7 rings (SSSR count). The number of nitrogens with zero attached hydrogens (tertiary/aromatic N) is 2. The summed E-state index contributed by atoms with van der Waals surface area (Å²) >= 11 is 0. The van der Waals surface area contributed by atoms with Crippen LogP contribution in [0.5, 0.6) is 0 Å². The van der Waals surface area contributed by atoms with E-state index in [0.717, 1.165) is 0 Å². The molecule has 20 nitrogen and oxygen atoms in total. The van der Waals surface area contributed by atoms with Gasteiger partial charge in [0.05, 0.1) is 37.4 Å². The summed E-state index contributed by atoms with van der Waals surface area (Å²) in [6, 6.07) is 10.1. The summed E-state index contributed by atoms with van der Waals surface area (Å²) in [5.74, 6) is -3.76. The number of amides is 4. The number of ether oxygens (including phenoxy) is 3. The number of halogens is 1. The molecule has 0 bridgehead atoms. The lowest BCUT2D eigenvalue weighted by Crippen LogP contribution is -2.60. The lowest BCUT2D eigenvalue weighted by molar-refractivity contribution is -0.274. The molecule has 5 aliphatic rings. The maximum Gasteiger partial charge on any atom is 0.264 e. The van der Waals surface area contributed by atoms with Gasteiger partial charge in [-0.3, -0.25) is 19.2 Å². The minimum Gasteiger partial charge on any atom is -0.394 e. The molecule has 0 saturated carbocycles. The number of likely N-dealkylation sites (tertiary alicyclic amines) is 1. The fourth-order valence-corrected chi connectivity index (χ4v) is 12.1. The molecule has 62 heavy (non-hydrogen) atoms. The molecule has 0 aliphatic carbocycles. The average Bonchev–Trinajstić information content (AvgIpc) is 3.89. The van der Waals surface area contributed by atoms with Crippen LogP contribution >= 0.6 is 0 Å². The molecule has 1 spiro atoms. The van der Waals surface area contributed by atoms with Crippen molar-refractivity contribution in [1.29, 1.82) is 0 Å². The van der Waals surface area contributed by atoms with E-state index in [4.69, 9.17) is 14.2 Å². The molecule has 4 amide bonds. The predicted octanol–water partition coefficient (Wildman–Crippen LogP) is -2.14. The van der Waals surface area contributed by atoms with Crippen LogP contribution in [0.1, 0.15) is 37.3 Å². The Morgan fingerprint density at radius 3 is 1.92 bits per heavy atom. The van der Waals surface area contributed by atoms with E-state index in [1.807, 2.05) is 0 Å². The van der Waals surface area contributed by atoms with E-state index in [-0.39, 0.29) is 42.4 Å². The summed E-state index contributed by atoms with van der Waals surface area (Å²) in [4.78, 5) is 58.1. The molecule has 11 N–H and O–H groups in total. The third-order valence-corrected chi connectivity index (χ3v) is 15.2. The minimum absolute atomic E-state index is 0.0573. The Morgan fingerprint density at radius 1 is 0.823 bits per heavy atom. The molecule has 2 aromatic carbocycles. The molecule has 4 fully saturated rings. The molecule has 2 aromatic rings.